The monoisotopic (exact) mass is 338 g/mol. The number of anilines is 3. The molecule has 0 saturated carbocycles. The number of hydrogen-bond acceptors (Lipinski definition) is 4. The van der Waals surface area contributed by atoms with Gasteiger partial charge in [0.05, 0.1) is 10.2 Å². The second kappa shape index (κ2) is 6.65. The Morgan fingerprint density at radius 3 is 2.85 bits per heavy atom. The van der Waals surface area contributed by atoms with Crippen molar-refractivity contribution in [1.82, 2.24) is 9.97 Å². The zero-order chi connectivity index (χ0) is 14.5. The van der Waals surface area contributed by atoms with E-state index in [0.29, 0.717) is 21.9 Å². The summed E-state index contributed by atoms with van der Waals surface area (Å²) in [4.78, 5) is 8.47. The van der Waals surface area contributed by atoms with Gasteiger partial charge in [-0.3, -0.25) is 0 Å². The van der Waals surface area contributed by atoms with Crippen LogP contribution in [0.15, 0.2) is 28.9 Å². The Balaban J connectivity index is 2.23. The van der Waals surface area contributed by atoms with Crippen LogP contribution < -0.4 is 10.6 Å². The molecule has 106 valence electrons. The van der Waals surface area contributed by atoms with Gasteiger partial charge in [0.25, 0.3) is 0 Å². The molecule has 0 bridgehead atoms. The second-order valence-electron chi connectivity index (χ2n) is 4.43. The van der Waals surface area contributed by atoms with Gasteiger partial charge in [0, 0.05) is 12.7 Å². The zero-order valence-corrected chi connectivity index (χ0v) is 13.0. The zero-order valence-electron chi connectivity index (χ0n) is 11.4. The van der Waals surface area contributed by atoms with E-state index >= 15 is 0 Å². The van der Waals surface area contributed by atoms with Crippen molar-refractivity contribution in [3.05, 3.63) is 40.2 Å². The number of nitrogens with zero attached hydrogens (tertiary/aromatic N) is 2. The lowest BCUT2D eigenvalue weighted by Gasteiger charge is -2.11. The third-order valence-electron chi connectivity index (χ3n) is 2.65. The maximum atomic E-state index is 13.8. The van der Waals surface area contributed by atoms with E-state index in [4.69, 9.17) is 0 Å². The minimum atomic E-state index is -0.307. The van der Waals surface area contributed by atoms with Crippen molar-refractivity contribution < 1.29 is 4.39 Å². The fraction of sp³-hybridized carbons (Fsp3) is 0.286. The van der Waals surface area contributed by atoms with Crippen LogP contribution in [0.25, 0.3) is 0 Å². The average molecular weight is 339 g/mol. The van der Waals surface area contributed by atoms with E-state index in [1.807, 2.05) is 13.0 Å². The van der Waals surface area contributed by atoms with E-state index in [9.17, 15) is 4.39 Å². The van der Waals surface area contributed by atoms with Crippen molar-refractivity contribution in [2.75, 3.05) is 17.2 Å². The maximum absolute atomic E-state index is 13.8. The summed E-state index contributed by atoms with van der Waals surface area (Å²) in [5.41, 5.74) is 1.26. The van der Waals surface area contributed by atoms with Crippen molar-refractivity contribution >= 4 is 33.4 Å². The second-order valence-corrected chi connectivity index (χ2v) is 5.28. The van der Waals surface area contributed by atoms with Crippen LogP contribution in [0.4, 0.5) is 21.8 Å². The Morgan fingerprint density at radius 1 is 1.35 bits per heavy atom. The number of halogens is 2. The van der Waals surface area contributed by atoms with Gasteiger partial charge in [0.15, 0.2) is 0 Å². The Hall–Kier alpha value is -1.69. The summed E-state index contributed by atoms with van der Waals surface area (Å²) in [6.07, 6.45) is 2.62. The van der Waals surface area contributed by atoms with E-state index in [2.05, 4.69) is 43.5 Å². The Labute approximate surface area is 126 Å². The standard InChI is InChI=1S/C14H16BrFN4/c1-3-6-17-14-18-8-10(15)13(20-14)19-12-5-4-9(2)7-11(12)16/h4-5,7-8H,3,6H2,1-2H3,(H2,17,18,19,20). The number of aromatic nitrogens is 2. The van der Waals surface area contributed by atoms with E-state index in [-0.39, 0.29) is 5.82 Å². The predicted molar refractivity (Wildman–Crippen MR) is 82.9 cm³/mol. The molecule has 6 heteroatoms. The first kappa shape index (κ1) is 14.7. The molecule has 2 N–H and O–H groups in total. The van der Waals surface area contributed by atoms with Gasteiger partial charge in [-0.1, -0.05) is 13.0 Å². The molecule has 0 spiro atoms. The lowest BCUT2D eigenvalue weighted by Crippen LogP contribution is -2.06. The fourth-order valence-electron chi connectivity index (χ4n) is 1.63. The predicted octanol–water partition coefficient (Wildman–Crippen LogP) is 4.25. The molecule has 0 radical (unpaired) electrons. The highest BCUT2D eigenvalue weighted by atomic mass is 79.9. The van der Waals surface area contributed by atoms with Crippen LogP contribution in [0.5, 0.6) is 0 Å². The third kappa shape index (κ3) is 3.66. The molecule has 2 aromatic rings. The van der Waals surface area contributed by atoms with Crippen LogP contribution in [0.3, 0.4) is 0 Å². The van der Waals surface area contributed by atoms with E-state index in [1.54, 1.807) is 12.3 Å². The molecule has 0 fully saturated rings. The summed E-state index contributed by atoms with van der Waals surface area (Å²) in [5, 5.41) is 6.07. The molecule has 0 aliphatic heterocycles. The van der Waals surface area contributed by atoms with Crippen LogP contribution in [-0.4, -0.2) is 16.5 Å². The first-order valence-electron chi connectivity index (χ1n) is 6.39. The van der Waals surface area contributed by atoms with E-state index < -0.39 is 0 Å². The van der Waals surface area contributed by atoms with Gasteiger partial charge in [-0.15, -0.1) is 0 Å². The molecule has 0 saturated heterocycles. The van der Waals surface area contributed by atoms with Gasteiger partial charge in [-0.25, -0.2) is 9.37 Å². The first-order chi connectivity index (χ1) is 9.60. The van der Waals surface area contributed by atoms with Crippen molar-refractivity contribution in [3.63, 3.8) is 0 Å². The Morgan fingerprint density at radius 2 is 2.15 bits per heavy atom. The van der Waals surface area contributed by atoms with Crippen molar-refractivity contribution in [3.8, 4) is 0 Å². The number of hydrogen-bond donors (Lipinski definition) is 2. The molecule has 0 unspecified atom stereocenters. The molecule has 1 aromatic heterocycles. The molecule has 0 aliphatic carbocycles. The minimum Gasteiger partial charge on any atom is -0.354 e. The van der Waals surface area contributed by atoms with Gasteiger partial charge in [0.1, 0.15) is 11.6 Å². The molecule has 0 atom stereocenters. The van der Waals surface area contributed by atoms with Crippen molar-refractivity contribution in [2.45, 2.75) is 20.3 Å². The number of aryl methyl sites for hydroxylation is 1. The van der Waals surface area contributed by atoms with Crippen LogP contribution in [0.2, 0.25) is 0 Å². The van der Waals surface area contributed by atoms with Crippen molar-refractivity contribution in [1.29, 1.82) is 0 Å². The minimum absolute atomic E-state index is 0.307. The van der Waals surface area contributed by atoms with E-state index in [1.165, 1.54) is 6.07 Å². The quantitative estimate of drug-likeness (QED) is 0.855. The molecule has 4 nitrogen and oxygen atoms in total. The fourth-order valence-corrected chi connectivity index (χ4v) is 1.92. The van der Waals surface area contributed by atoms with Crippen LogP contribution in [0.1, 0.15) is 18.9 Å². The molecular weight excluding hydrogens is 323 g/mol. The molecule has 1 heterocycles. The third-order valence-corrected chi connectivity index (χ3v) is 3.24. The molecule has 20 heavy (non-hydrogen) atoms. The summed E-state index contributed by atoms with van der Waals surface area (Å²) in [6, 6.07) is 5.02. The topological polar surface area (TPSA) is 49.8 Å². The largest absolute Gasteiger partial charge is 0.354 e. The van der Waals surface area contributed by atoms with Crippen LogP contribution in [-0.2, 0) is 0 Å². The SMILES string of the molecule is CCCNc1ncc(Br)c(Nc2ccc(C)cc2F)n1. The number of benzene rings is 1. The highest BCUT2D eigenvalue weighted by Gasteiger charge is 2.08. The van der Waals surface area contributed by atoms with Gasteiger partial charge in [0.2, 0.25) is 5.95 Å². The van der Waals surface area contributed by atoms with Gasteiger partial charge >= 0.3 is 0 Å². The summed E-state index contributed by atoms with van der Waals surface area (Å²) >= 11 is 3.36. The van der Waals surface area contributed by atoms with Crippen LogP contribution in [0, 0.1) is 12.7 Å². The van der Waals surface area contributed by atoms with Gasteiger partial charge < -0.3 is 10.6 Å². The lowest BCUT2D eigenvalue weighted by atomic mass is 10.2. The summed E-state index contributed by atoms with van der Waals surface area (Å²) < 4.78 is 14.5. The number of nitrogens with one attached hydrogen (secondary N) is 2. The Kier molecular flexibility index (Phi) is 4.89. The number of rotatable bonds is 5. The maximum Gasteiger partial charge on any atom is 0.224 e. The highest BCUT2D eigenvalue weighted by molar-refractivity contribution is 9.10. The molecule has 0 amide bonds. The van der Waals surface area contributed by atoms with Crippen molar-refractivity contribution in [2.24, 2.45) is 0 Å². The summed E-state index contributed by atoms with van der Waals surface area (Å²) in [7, 11) is 0. The first-order valence-corrected chi connectivity index (χ1v) is 7.19. The Bertz CT molecular complexity index is 604. The van der Waals surface area contributed by atoms with Gasteiger partial charge in [-0.2, -0.15) is 4.98 Å². The van der Waals surface area contributed by atoms with Gasteiger partial charge in [-0.05, 0) is 47.0 Å². The van der Waals surface area contributed by atoms with Crippen LogP contribution >= 0.6 is 15.9 Å². The molecule has 1 aromatic carbocycles. The highest BCUT2D eigenvalue weighted by Crippen LogP contribution is 2.26. The summed E-state index contributed by atoms with van der Waals surface area (Å²) in [6.45, 7) is 4.70. The normalized spacial score (nSPS) is 10.4. The molecule has 2 rings (SSSR count). The smallest absolute Gasteiger partial charge is 0.224 e. The lowest BCUT2D eigenvalue weighted by molar-refractivity contribution is 0.630. The molecule has 0 aliphatic rings. The summed E-state index contributed by atoms with van der Waals surface area (Å²) in [5.74, 6) is 0.741. The molecular formula is C14H16BrFN4. The average Bonchev–Trinajstić information content (AvgIpc) is 2.42. The van der Waals surface area contributed by atoms with E-state index in [0.717, 1.165) is 18.5 Å².